The van der Waals surface area contributed by atoms with Gasteiger partial charge < -0.3 is 0 Å². The Balaban J connectivity index is 2.01. The third-order valence-corrected chi connectivity index (χ3v) is 12.1. The minimum atomic E-state index is 0.622. The first kappa shape index (κ1) is 17.5. The molecule has 0 saturated carbocycles. The molecule has 0 aliphatic carbocycles. The molecule has 2 heterocycles. The van der Waals surface area contributed by atoms with Crippen LogP contribution in [0.4, 0.5) is 0 Å². The molecule has 1 nitrogen and oxygen atoms in total. The molecule has 0 atom stereocenters. The fraction of sp³-hybridized carbons (Fsp3) is 0.417. The topological polar surface area (TPSA) is 23.8 Å². The van der Waals surface area contributed by atoms with Gasteiger partial charge in [0.2, 0.25) is 0 Å². The summed E-state index contributed by atoms with van der Waals surface area (Å²) in [6, 6.07) is 2.21. The van der Waals surface area contributed by atoms with Crippen molar-refractivity contribution in [3.63, 3.8) is 0 Å². The zero-order valence-electron chi connectivity index (χ0n) is 11.2. The van der Waals surface area contributed by atoms with Crippen LogP contribution in [0.2, 0.25) is 0 Å². The molecule has 0 N–H and O–H groups in total. The lowest BCUT2D eigenvalue weighted by Crippen LogP contribution is -1.75. The monoisotopic (exact) mass is 395 g/mol. The van der Waals surface area contributed by atoms with Gasteiger partial charge in [-0.1, -0.05) is 47.0 Å². The largest absolute Gasteiger partial charge is 0.198 e. The molecule has 0 amide bonds. The Kier molecular flexibility index (Phi) is 7.62. The third-order valence-electron chi connectivity index (χ3n) is 2.24. The van der Waals surface area contributed by atoms with E-state index in [4.69, 9.17) is 5.26 Å². The van der Waals surface area contributed by atoms with Gasteiger partial charge in [-0.3, -0.25) is 0 Å². The van der Waals surface area contributed by atoms with Crippen LogP contribution in [-0.4, -0.2) is 18.3 Å². The number of thioether (sulfide) groups is 7. The Morgan fingerprint density at radius 3 is 2.05 bits per heavy atom. The van der Waals surface area contributed by atoms with E-state index in [-0.39, 0.29) is 0 Å². The molecule has 0 radical (unpaired) electrons. The zero-order chi connectivity index (χ0) is 14.5. The van der Waals surface area contributed by atoms with Crippen molar-refractivity contribution in [2.45, 2.75) is 13.3 Å². The Hall–Kier alpha value is 1.16. The summed E-state index contributed by atoms with van der Waals surface area (Å²) in [5.74, 6) is 0.893. The number of hydrogen-bond acceptors (Lipinski definition) is 8. The van der Waals surface area contributed by atoms with Crippen molar-refractivity contribution < 1.29 is 0 Å². The summed E-state index contributed by atoms with van der Waals surface area (Å²) in [5, 5.41) is 8.63. The maximum atomic E-state index is 8.63. The number of hydrogen-bond donors (Lipinski definition) is 0. The molecule has 0 aromatic rings. The SMILES string of the molecule is CSC1=C(SC)SC(=C2SC(C)=C(SCCC#N)S2)S1. The molecule has 0 spiro atoms. The molecule has 0 aromatic carbocycles. The van der Waals surface area contributed by atoms with E-state index in [1.165, 1.54) is 26.1 Å². The summed E-state index contributed by atoms with van der Waals surface area (Å²) in [5.41, 5.74) is 0. The van der Waals surface area contributed by atoms with E-state index in [1.54, 1.807) is 0 Å². The Labute approximate surface area is 150 Å². The van der Waals surface area contributed by atoms with Crippen LogP contribution < -0.4 is 0 Å². The summed E-state index contributed by atoms with van der Waals surface area (Å²) >= 11 is 13.1. The van der Waals surface area contributed by atoms with Crippen molar-refractivity contribution >= 4 is 82.3 Å². The average Bonchev–Trinajstić information content (AvgIpc) is 3.02. The molecular formula is C12H13NS7. The van der Waals surface area contributed by atoms with E-state index < -0.39 is 0 Å². The van der Waals surface area contributed by atoms with Gasteiger partial charge in [0.1, 0.15) is 0 Å². The fourth-order valence-corrected chi connectivity index (χ4v) is 10.7. The van der Waals surface area contributed by atoms with Crippen molar-refractivity contribution in [2.75, 3.05) is 18.3 Å². The molecule has 0 bridgehead atoms. The second-order valence-corrected chi connectivity index (χ2v) is 11.9. The van der Waals surface area contributed by atoms with Gasteiger partial charge in [-0.25, -0.2) is 0 Å². The average molecular weight is 396 g/mol. The van der Waals surface area contributed by atoms with Crippen LogP contribution in [0.5, 0.6) is 0 Å². The normalized spacial score (nSPS) is 19.3. The van der Waals surface area contributed by atoms with Gasteiger partial charge in [0.25, 0.3) is 0 Å². The van der Waals surface area contributed by atoms with Crippen LogP contribution in [-0.2, 0) is 0 Å². The third kappa shape index (κ3) is 4.34. The summed E-state index contributed by atoms with van der Waals surface area (Å²) in [7, 11) is 0. The molecule has 8 heteroatoms. The van der Waals surface area contributed by atoms with E-state index in [2.05, 4.69) is 25.5 Å². The van der Waals surface area contributed by atoms with Crippen molar-refractivity contribution in [1.29, 1.82) is 5.26 Å². The van der Waals surface area contributed by atoms with Crippen molar-refractivity contribution in [2.24, 2.45) is 0 Å². The first-order chi connectivity index (χ1) is 9.69. The minimum Gasteiger partial charge on any atom is -0.198 e. The highest BCUT2D eigenvalue weighted by molar-refractivity contribution is 8.43. The maximum Gasteiger partial charge on any atom is 0.0717 e. The van der Waals surface area contributed by atoms with Gasteiger partial charge in [-0.15, -0.1) is 35.3 Å². The molecule has 108 valence electrons. The Bertz CT molecular complexity index is 508. The molecule has 2 aliphatic heterocycles. The van der Waals surface area contributed by atoms with Crippen LogP contribution in [0.15, 0.2) is 26.1 Å². The van der Waals surface area contributed by atoms with E-state index in [0.717, 1.165) is 5.75 Å². The molecule has 0 fully saturated rings. The maximum absolute atomic E-state index is 8.63. The number of nitriles is 1. The van der Waals surface area contributed by atoms with E-state index in [1.807, 2.05) is 82.3 Å². The van der Waals surface area contributed by atoms with E-state index in [9.17, 15) is 0 Å². The van der Waals surface area contributed by atoms with Crippen LogP contribution in [0.3, 0.4) is 0 Å². The first-order valence-electron chi connectivity index (χ1n) is 5.68. The predicted molar refractivity (Wildman–Crippen MR) is 107 cm³/mol. The van der Waals surface area contributed by atoms with Crippen molar-refractivity contribution in [3.8, 4) is 6.07 Å². The highest BCUT2D eigenvalue weighted by atomic mass is 32.3. The van der Waals surface area contributed by atoms with E-state index >= 15 is 0 Å². The summed E-state index contributed by atoms with van der Waals surface area (Å²) in [6.07, 6.45) is 4.92. The molecule has 0 aromatic heterocycles. The summed E-state index contributed by atoms with van der Waals surface area (Å²) in [6.45, 7) is 2.18. The van der Waals surface area contributed by atoms with Crippen LogP contribution in [0.25, 0.3) is 0 Å². The fourth-order valence-electron chi connectivity index (χ4n) is 1.37. The lowest BCUT2D eigenvalue weighted by molar-refractivity contribution is 1.24. The van der Waals surface area contributed by atoms with Gasteiger partial charge in [0.15, 0.2) is 0 Å². The second-order valence-electron chi connectivity index (χ2n) is 3.57. The van der Waals surface area contributed by atoms with E-state index in [0.29, 0.717) is 6.42 Å². The van der Waals surface area contributed by atoms with Crippen LogP contribution in [0, 0.1) is 11.3 Å². The van der Waals surface area contributed by atoms with Crippen molar-refractivity contribution in [3.05, 3.63) is 26.1 Å². The molecular weight excluding hydrogens is 383 g/mol. The number of allylic oxidation sites excluding steroid dienone is 1. The first-order valence-corrected chi connectivity index (χ1v) is 12.4. The second kappa shape index (κ2) is 8.70. The van der Waals surface area contributed by atoms with Crippen molar-refractivity contribution in [1.82, 2.24) is 0 Å². The lowest BCUT2D eigenvalue weighted by atomic mass is 10.6. The van der Waals surface area contributed by atoms with Gasteiger partial charge in [-0.2, -0.15) is 5.26 Å². The highest BCUT2D eigenvalue weighted by Gasteiger charge is 2.28. The summed E-state index contributed by atoms with van der Waals surface area (Å²) in [4.78, 5) is 1.38. The molecule has 0 saturated heterocycles. The molecule has 2 aliphatic rings. The summed E-state index contributed by atoms with van der Waals surface area (Å²) < 4.78 is 7.05. The zero-order valence-corrected chi connectivity index (χ0v) is 16.9. The van der Waals surface area contributed by atoms with Gasteiger partial charge >= 0.3 is 0 Å². The van der Waals surface area contributed by atoms with Crippen LogP contribution in [0.1, 0.15) is 13.3 Å². The van der Waals surface area contributed by atoms with Gasteiger partial charge in [0.05, 0.1) is 27.3 Å². The number of rotatable bonds is 5. The molecule has 0 unspecified atom stereocenters. The predicted octanol–water partition coefficient (Wildman–Crippen LogP) is 6.76. The van der Waals surface area contributed by atoms with Gasteiger partial charge in [-0.05, 0) is 19.4 Å². The Morgan fingerprint density at radius 1 is 0.950 bits per heavy atom. The van der Waals surface area contributed by atoms with Crippen LogP contribution >= 0.6 is 82.3 Å². The molecule has 2 rings (SSSR count). The highest BCUT2D eigenvalue weighted by Crippen LogP contribution is 2.64. The lowest BCUT2D eigenvalue weighted by Gasteiger charge is -2.02. The molecule has 20 heavy (non-hydrogen) atoms. The van der Waals surface area contributed by atoms with Gasteiger partial charge in [0, 0.05) is 17.1 Å². The Morgan fingerprint density at radius 2 is 1.50 bits per heavy atom. The standard InChI is InChI=1S/C12H13NS7/c1-7-8(16-6-4-5-13)18-11(17-7)12-19-9(14-2)10(15-3)20-12/h4,6H2,1-3H3. The quantitative estimate of drug-likeness (QED) is 0.470. The number of nitrogens with zero attached hydrogens (tertiary/aromatic N) is 1. The minimum absolute atomic E-state index is 0.622. The smallest absolute Gasteiger partial charge is 0.0717 e.